The van der Waals surface area contributed by atoms with E-state index in [1.54, 1.807) is 0 Å². The van der Waals surface area contributed by atoms with Gasteiger partial charge in [-0.1, -0.05) is 236 Å². The van der Waals surface area contributed by atoms with Gasteiger partial charge in [0.05, 0.1) is 0 Å². The second kappa shape index (κ2) is 52.7. The van der Waals surface area contributed by atoms with Crippen molar-refractivity contribution < 1.29 is 28.6 Å². The lowest BCUT2D eigenvalue weighted by molar-refractivity contribution is -0.167. The minimum atomic E-state index is -0.788. The van der Waals surface area contributed by atoms with Crippen molar-refractivity contribution in [2.24, 2.45) is 0 Å². The molecule has 6 nitrogen and oxygen atoms in total. The van der Waals surface area contributed by atoms with Gasteiger partial charge in [0.1, 0.15) is 13.2 Å². The molecule has 0 N–H and O–H groups in total. The van der Waals surface area contributed by atoms with E-state index in [1.165, 1.54) is 122 Å². The Morgan fingerprint density at radius 1 is 0.328 bits per heavy atom. The van der Waals surface area contributed by atoms with Crippen LogP contribution in [0.2, 0.25) is 0 Å². The van der Waals surface area contributed by atoms with Gasteiger partial charge in [0, 0.05) is 19.3 Å². The van der Waals surface area contributed by atoms with Crippen LogP contribution in [-0.2, 0) is 28.6 Å². The molecule has 1 atom stereocenters. The average Bonchev–Trinajstić information content (AvgIpc) is 3.29. The van der Waals surface area contributed by atoms with Crippen molar-refractivity contribution in [2.75, 3.05) is 13.2 Å². The van der Waals surface area contributed by atoms with Crippen molar-refractivity contribution in [3.63, 3.8) is 0 Å². The molecule has 0 aliphatic heterocycles. The number of unbranched alkanes of at least 4 members (excludes halogenated alkanes) is 28. The van der Waals surface area contributed by atoms with Gasteiger partial charge in [-0.25, -0.2) is 0 Å². The fourth-order valence-electron chi connectivity index (χ4n) is 7.67. The Morgan fingerprint density at radius 3 is 1.03 bits per heavy atom. The number of ether oxygens (including phenoxy) is 3. The molecule has 0 fully saturated rings. The zero-order valence-corrected chi connectivity index (χ0v) is 42.3. The highest BCUT2D eigenvalue weighted by Gasteiger charge is 2.19. The van der Waals surface area contributed by atoms with Crippen LogP contribution in [0.15, 0.2) is 60.8 Å². The van der Waals surface area contributed by atoms with Crippen LogP contribution in [0.4, 0.5) is 0 Å². The summed E-state index contributed by atoms with van der Waals surface area (Å²) in [5.74, 6) is -0.912. The Morgan fingerprint density at radius 2 is 0.641 bits per heavy atom. The van der Waals surface area contributed by atoms with E-state index in [0.29, 0.717) is 19.3 Å². The molecule has 0 radical (unpaired) electrons. The lowest BCUT2D eigenvalue weighted by atomic mass is 10.0. The summed E-state index contributed by atoms with van der Waals surface area (Å²) in [7, 11) is 0. The Labute approximate surface area is 396 Å². The summed E-state index contributed by atoms with van der Waals surface area (Å²) in [5, 5.41) is 0. The Hall–Kier alpha value is -2.89. The first kappa shape index (κ1) is 61.1. The highest BCUT2D eigenvalue weighted by molar-refractivity contribution is 5.71. The first-order valence-electron chi connectivity index (χ1n) is 27.3. The van der Waals surface area contributed by atoms with Gasteiger partial charge in [-0.3, -0.25) is 14.4 Å². The first-order chi connectivity index (χ1) is 31.5. The van der Waals surface area contributed by atoms with Gasteiger partial charge in [0.2, 0.25) is 0 Å². The summed E-state index contributed by atoms with van der Waals surface area (Å²) < 4.78 is 16.8. The first-order valence-corrected chi connectivity index (χ1v) is 27.3. The molecular weight excluding hydrogens is 793 g/mol. The molecule has 0 amide bonds. The molecule has 0 heterocycles. The van der Waals surface area contributed by atoms with Crippen molar-refractivity contribution in [1.29, 1.82) is 0 Å². The largest absolute Gasteiger partial charge is 0.462 e. The summed E-state index contributed by atoms with van der Waals surface area (Å²) in [6, 6.07) is 0. The van der Waals surface area contributed by atoms with E-state index in [-0.39, 0.29) is 31.1 Å². The van der Waals surface area contributed by atoms with E-state index in [2.05, 4.69) is 81.5 Å². The Kier molecular flexibility index (Phi) is 50.4. The standard InChI is InChI=1S/C58H102O6/c1-4-7-10-13-16-19-22-24-26-28-29-31-32-34-36-39-42-45-48-51-57(60)63-54-55(53-62-56(59)50-47-44-41-38-21-18-15-12-9-6-3)64-58(61)52-49-46-43-40-37-35-33-30-27-25-23-20-17-14-11-8-5-2/h8,11-12,15,17,20,25,27,33,35,55H,4-7,9-10,13-14,16,18-19,21-24,26,28-32,34,36-54H2,1-3H3/b11-8-,15-12-,20-17-,27-25-,35-33-. The number of allylic oxidation sites excluding steroid dienone is 10. The van der Waals surface area contributed by atoms with E-state index in [9.17, 15) is 14.4 Å². The van der Waals surface area contributed by atoms with Crippen LogP contribution < -0.4 is 0 Å². The number of carbonyl (C=O) groups is 3. The van der Waals surface area contributed by atoms with Crippen LogP contribution >= 0.6 is 0 Å². The van der Waals surface area contributed by atoms with Crippen LogP contribution in [0.5, 0.6) is 0 Å². The number of rotatable bonds is 49. The molecule has 0 spiro atoms. The minimum Gasteiger partial charge on any atom is -0.462 e. The van der Waals surface area contributed by atoms with Crippen molar-refractivity contribution in [1.82, 2.24) is 0 Å². The zero-order valence-electron chi connectivity index (χ0n) is 42.3. The molecule has 0 saturated carbocycles. The highest BCUT2D eigenvalue weighted by atomic mass is 16.6. The molecule has 0 aromatic carbocycles. The number of carbonyl (C=O) groups excluding carboxylic acids is 3. The normalized spacial score (nSPS) is 12.5. The fourth-order valence-corrected chi connectivity index (χ4v) is 7.67. The molecule has 0 aliphatic carbocycles. The molecule has 0 bridgehead atoms. The third kappa shape index (κ3) is 50.1. The number of esters is 3. The van der Waals surface area contributed by atoms with E-state index >= 15 is 0 Å². The Balaban J connectivity index is 4.33. The summed E-state index contributed by atoms with van der Waals surface area (Å²) in [4.78, 5) is 38.0. The van der Waals surface area contributed by atoms with Gasteiger partial charge in [-0.15, -0.1) is 0 Å². The smallest absolute Gasteiger partial charge is 0.306 e. The topological polar surface area (TPSA) is 78.9 Å². The molecule has 0 rings (SSSR count). The van der Waals surface area contributed by atoms with Crippen molar-refractivity contribution in [3.05, 3.63) is 60.8 Å². The SMILES string of the molecule is CC/C=C\C/C=C\C/C=C\C/C=C\CCCCCCC(=O)OC(COC(=O)CCCCCCC/C=C\CCC)COC(=O)CCCCCCCCCCCCCCCCCCCCC. The summed E-state index contributed by atoms with van der Waals surface area (Å²) in [5.41, 5.74) is 0. The van der Waals surface area contributed by atoms with Crippen LogP contribution in [0, 0.1) is 0 Å². The minimum absolute atomic E-state index is 0.0848. The summed E-state index contributed by atoms with van der Waals surface area (Å²) in [6.07, 6.45) is 65.0. The maximum atomic E-state index is 12.8. The van der Waals surface area contributed by atoms with Crippen LogP contribution in [0.1, 0.15) is 271 Å². The van der Waals surface area contributed by atoms with Gasteiger partial charge in [0.15, 0.2) is 6.10 Å². The zero-order chi connectivity index (χ0) is 46.5. The molecular formula is C58H102O6. The molecule has 0 saturated heterocycles. The lowest BCUT2D eigenvalue weighted by Crippen LogP contribution is -2.30. The third-order valence-electron chi connectivity index (χ3n) is 11.7. The Bertz CT molecular complexity index is 1170. The van der Waals surface area contributed by atoms with Gasteiger partial charge in [-0.2, -0.15) is 0 Å². The molecule has 1 unspecified atom stereocenters. The molecule has 370 valence electrons. The van der Waals surface area contributed by atoms with E-state index < -0.39 is 6.10 Å². The summed E-state index contributed by atoms with van der Waals surface area (Å²) >= 11 is 0. The summed E-state index contributed by atoms with van der Waals surface area (Å²) in [6.45, 7) is 6.46. The molecule has 64 heavy (non-hydrogen) atoms. The van der Waals surface area contributed by atoms with Crippen LogP contribution in [0.3, 0.4) is 0 Å². The average molecular weight is 895 g/mol. The van der Waals surface area contributed by atoms with Crippen molar-refractivity contribution in [3.8, 4) is 0 Å². The highest BCUT2D eigenvalue weighted by Crippen LogP contribution is 2.16. The molecule has 0 aromatic rings. The quantitative estimate of drug-likeness (QED) is 0.0262. The maximum absolute atomic E-state index is 12.8. The maximum Gasteiger partial charge on any atom is 0.306 e. The van der Waals surface area contributed by atoms with E-state index in [4.69, 9.17) is 14.2 Å². The molecule has 6 heteroatoms. The van der Waals surface area contributed by atoms with Crippen LogP contribution in [-0.4, -0.2) is 37.2 Å². The van der Waals surface area contributed by atoms with Gasteiger partial charge in [-0.05, 0) is 77.0 Å². The molecule has 0 aliphatic rings. The third-order valence-corrected chi connectivity index (χ3v) is 11.7. The van der Waals surface area contributed by atoms with Gasteiger partial charge in [0.25, 0.3) is 0 Å². The molecule has 0 aromatic heterocycles. The monoisotopic (exact) mass is 895 g/mol. The predicted octanol–water partition coefficient (Wildman–Crippen LogP) is 18.0. The van der Waals surface area contributed by atoms with Gasteiger partial charge >= 0.3 is 17.9 Å². The van der Waals surface area contributed by atoms with Crippen molar-refractivity contribution >= 4 is 17.9 Å². The second-order valence-corrected chi connectivity index (χ2v) is 18.1. The van der Waals surface area contributed by atoms with E-state index in [1.807, 2.05) is 0 Å². The second-order valence-electron chi connectivity index (χ2n) is 18.1. The number of hydrogen-bond acceptors (Lipinski definition) is 6. The predicted molar refractivity (Wildman–Crippen MR) is 275 cm³/mol. The van der Waals surface area contributed by atoms with Gasteiger partial charge < -0.3 is 14.2 Å². The lowest BCUT2D eigenvalue weighted by Gasteiger charge is -2.18. The van der Waals surface area contributed by atoms with Crippen molar-refractivity contribution in [2.45, 2.75) is 277 Å². The van der Waals surface area contributed by atoms with E-state index in [0.717, 1.165) is 109 Å². The fraction of sp³-hybridized carbons (Fsp3) is 0.776. The van der Waals surface area contributed by atoms with Crippen LogP contribution in [0.25, 0.3) is 0 Å². The number of hydrogen-bond donors (Lipinski definition) is 0.